The monoisotopic (exact) mass is 455 g/mol. The van der Waals surface area contributed by atoms with Gasteiger partial charge in [-0.1, -0.05) is 46.7 Å². The van der Waals surface area contributed by atoms with E-state index in [2.05, 4.69) is 15.1 Å². The van der Waals surface area contributed by atoms with E-state index in [1.807, 2.05) is 0 Å². The van der Waals surface area contributed by atoms with Crippen LogP contribution in [0.1, 0.15) is 21.9 Å². The zero-order chi connectivity index (χ0) is 21.8. The largest absolute Gasteiger partial charge is 0.464 e. The number of carbonyl (C=O) groups excluding carboxylic acids is 1. The maximum atomic E-state index is 12.8. The van der Waals surface area contributed by atoms with Crippen LogP contribution in [-0.4, -0.2) is 21.1 Å². The van der Waals surface area contributed by atoms with Gasteiger partial charge in [-0.2, -0.15) is 0 Å². The molecule has 0 radical (unpaired) electrons. The van der Waals surface area contributed by atoms with Crippen LogP contribution in [0.4, 0.5) is 0 Å². The van der Waals surface area contributed by atoms with Gasteiger partial charge in [0.25, 0.3) is 0 Å². The predicted molar refractivity (Wildman–Crippen MR) is 113 cm³/mol. The zero-order valence-electron chi connectivity index (χ0n) is 16.1. The fraction of sp³-hybridized carbons (Fsp3) is 0.0952. The van der Waals surface area contributed by atoms with E-state index in [1.54, 1.807) is 49.6 Å². The van der Waals surface area contributed by atoms with Gasteiger partial charge in [-0.15, -0.1) is 0 Å². The third-order valence-electron chi connectivity index (χ3n) is 4.14. The molecule has 4 rings (SSSR count). The smallest absolute Gasteiger partial charge is 0.349 e. The summed E-state index contributed by atoms with van der Waals surface area (Å²) in [5.74, 6) is -0.0870. The Labute approximate surface area is 185 Å². The van der Waals surface area contributed by atoms with E-state index in [0.717, 1.165) is 6.26 Å². The molecule has 8 nitrogen and oxygen atoms in total. The number of benzene rings is 1. The molecule has 1 aromatic carbocycles. The minimum Gasteiger partial charge on any atom is -0.464 e. The second-order valence-electron chi connectivity index (χ2n) is 6.23. The number of ether oxygens (including phenoxy) is 1. The lowest BCUT2D eigenvalue weighted by molar-refractivity contribution is 0.0727. The Hall–Kier alpha value is -3.43. The van der Waals surface area contributed by atoms with Crippen molar-refractivity contribution in [2.24, 2.45) is 0 Å². The lowest BCUT2D eigenvalue weighted by Crippen LogP contribution is -2.16. The van der Waals surface area contributed by atoms with Crippen molar-refractivity contribution in [3.63, 3.8) is 0 Å². The Morgan fingerprint density at radius 1 is 1.19 bits per heavy atom. The first-order valence-corrected chi connectivity index (χ1v) is 10.3. The van der Waals surface area contributed by atoms with Gasteiger partial charge in [0, 0.05) is 24.0 Å². The van der Waals surface area contributed by atoms with Gasteiger partial charge in [0.2, 0.25) is 11.2 Å². The maximum absolute atomic E-state index is 12.8. The molecule has 0 N–H and O–H groups in total. The average Bonchev–Trinajstić information content (AvgIpc) is 3.16. The summed E-state index contributed by atoms with van der Waals surface area (Å²) in [5.41, 5.74) is 0.315. The molecule has 0 spiro atoms. The van der Waals surface area contributed by atoms with Crippen LogP contribution < -0.4 is 10.2 Å². The molecule has 0 bridgehead atoms. The highest BCUT2D eigenvalue weighted by molar-refractivity contribution is 7.98. The highest BCUT2D eigenvalue weighted by atomic mass is 35.5. The van der Waals surface area contributed by atoms with Crippen LogP contribution >= 0.6 is 23.4 Å². The molecule has 0 saturated heterocycles. The number of aryl methyl sites for hydroxylation is 1. The Kier molecular flexibility index (Phi) is 6.15. The number of aromatic nitrogens is 3. The Bertz CT molecular complexity index is 1290. The van der Waals surface area contributed by atoms with Crippen LogP contribution in [0.3, 0.4) is 0 Å². The Morgan fingerprint density at radius 2 is 1.97 bits per heavy atom. The highest BCUT2D eigenvalue weighted by Gasteiger charge is 2.25. The van der Waals surface area contributed by atoms with Crippen LogP contribution in [0.2, 0.25) is 5.02 Å². The summed E-state index contributed by atoms with van der Waals surface area (Å²) in [7, 11) is 0. The van der Waals surface area contributed by atoms with Gasteiger partial charge in [0.15, 0.2) is 5.16 Å². The molecule has 3 aromatic heterocycles. The van der Waals surface area contributed by atoms with Crippen molar-refractivity contribution in [2.75, 3.05) is 0 Å². The number of nitrogens with zero attached hydrogens (tertiary/aromatic N) is 3. The first-order valence-electron chi connectivity index (χ1n) is 8.98. The van der Waals surface area contributed by atoms with E-state index in [-0.39, 0.29) is 22.8 Å². The third kappa shape index (κ3) is 4.68. The SMILES string of the molecule is Cc1onc(-c2ccccc2Cl)c1C(=O)Oc1coc(CSc2ncccn2)cc1=O. The molecule has 4 aromatic rings. The van der Waals surface area contributed by atoms with Crippen molar-refractivity contribution in [3.05, 3.63) is 87.4 Å². The van der Waals surface area contributed by atoms with Gasteiger partial charge in [0.05, 0.1) is 10.8 Å². The fourth-order valence-corrected chi connectivity index (χ4v) is 3.60. The van der Waals surface area contributed by atoms with Gasteiger partial charge in [-0.05, 0) is 19.1 Å². The van der Waals surface area contributed by atoms with Gasteiger partial charge in [-0.3, -0.25) is 4.79 Å². The molecule has 31 heavy (non-hydrogen) atoms. The van der Waals surface area contributed by atoms with Crippen molar-refractivity contribution >= 4 is 29.3 Å². The quantitative estimate of drug-likeness (QED) is 0.235. The molecular weight excluding hydrogens is 442 g/mol. The lowest BCUT2D eigenvalue weighted by Gasteiger charge is -2.06. The molecule has 10 heteroatoms. The number of rotatable bonds is 6. The first-order chi connectivity index (χ1) is 15.0. The summed E-state index contributed by atoms with van der Waals surface area (Å²) in [5, 5.41) is 4.87. The summed E-state index contributed by atoms with van der Waals surface area (Å²) in [6.45, 7) is 1.57. The van der Waals surface area contributed by atoms with Gasteiger partial charge >= 0.3 is 5.97 Å². The number of esters is 1. The molecule has 0 aliphatic carbocycles. The molecular formula is C21H14ClN3O5S. The number of hydrogen-bond donors (Lipinski definition) is 0. The van der Waals surface area contributed by atoms with E-state index in [4.69, 9.17) is 25.3 Å². The normalized spacial score (nSPS) is 10.8. The van der Waals surface area contributed by atoms with Crippen molar-refractivity contribution in [1.82, 2.24) is 15.1 Å². The standard InChI is InChI=1S/C21H14ClN3O5S/c1-12-18(19(25-30-12)14-5-2-3-6-15(14)22)20(27)29-17-10-28-13(9-16(17)26)11-31-21-23-7-4-8-24-21/h2-10H,11H2,1H3. The number of carbonyl (C=O) groups is 1. The predicted octanol–water partition coefficient (Wildman–Crippen LogP) is 4.56. The molecule has 0 aliphatic rings. The van der Waals surface area contributed by atoms with Gasteiger partial charge < -0.3 is 13.7 Å². The third-order valence-corrected chi connectivity index (χ3v) is 5.36. The Morgan fingerprint density at radius 3 is 2.71 bits per heavy atom. The minimum absolute atomic E-state index is 0.0772. The fourth-order valence-electron chi connectivity index (χ4n) is 2.68. The number of thioether (sulfide) groups is 1. The van der Waals surface area contributed by atoms with Gasteiger partial charge in [-0.25, -0.2) is 14.8 Å². The van der Waals surface area contributed by atoms with Crippen molar-refractivity contribution in [2.45, 2.75) is 17.8 Å². The minimum atomic E-state index is -0.805. The maximum Gasteiger partial charge on any atom is 0.349 e. The van der Waals surface area contributed by atoms with E-state index in [9.17, 15) is 9.59 Å². The number of hydrogen-bond acceptors (Lipinski definition) is 9. The van der Waals surface area contributed by atoms with E-state index >= 15 is 0 Å². The molecule has 3 heterocycles. The molecule has 156 valence electrons. The van der Waals surface area contributed by atoms with Crippen molar-refractivity contribution in [3.8, 4) is 17.0 Å². The molecule has 0 unspecified atom stereocenters. The van der Waals surface area contributed by atoms with E-state index < -0.39 is 11.4 Å². The molecule has 0 amide bonds. The highest BCUT2D eigenvalue weighted by Crippen LogP contribution is 2.31. The van der Waals surface area contributed by atoms with E-state index in [0.29, 0.717) is 27.3 Å². The van der Waals surface area contributed by atoms with Crippen LogP contribution in [0, 0.1) is 6.92 Å². The van der Waals surface area contributed by atoms with Crippen LogP contribution in [0.5, 0.6) is 5.75 Å². The summed E-state index contributed by atoms with van der Waals surface area (Å²) in [6.07, 6.45) is 4.34. The first kappa shape index (κ1) is 20.8. The van der Waals surface area contributed by atoms with Crippen molar-refractivity contribution in [1.29, 1.82) is 0 Å². The van der Waals surface area contributed by atoms with Crippen LogP contribution in [-0.2, 0) is 5.75 Å². The topological polar surface area (TPSA) is 108 Å². The lowest BCUT2D eigenvalue weighted by atomic mass is 10.1. The number of halogens is 1. The summed E-state index contributed by atoms with van der Waals surface area (Å²) < 4.78 is 15.9. The second-order valence-corrected chi connectivity index (χ2v) is 7.58. The molecule has 0 fully saturated rings. The van der Waals surface area contributed by atoms with Crippen LogP contribution in [0.25, 0.3) is 11.3 Å². The summed E-state index contributed by atoms with van der Waals surface area (Å²) in [4.78, 5) is 33.4. The second kappa shape index (κ2) is 9.15. The average molecular weight is 456 g/mol. The summed E-state index contributed by atoms with van der Waals surface area (Å²) >= 11 is 7.52. The Balaban J connectivity index is 1.53. The van der Waals surface area contributed by atoms with Gasteiger partial charge in [0.1, 0.15) is 29.0 Å². The van der Waals surface area contributed by atoms with Crippen LogP contribution in [0.15, 0.2) is 73.9 Å². The van der Waals surface area contributed by atoms with Crippen molar-refractivity contribution < 1.29 is 18.5 Å². The molecule has 0 aliphatic heterocycles. The van der Waals surface area contributed by atoms with E-state index in [1.165, 1.54) is 17.8 Å². The summed E-state index contributed by atoms with van der Waals surface area (Å²) in [6, 6.07) is 9.85. The molecule has 0 atom stereocenters. The molecule has 0 saturated carbocycles. The zero-order valence-corrected chi connectivity index (χ0v) is 17.6.